The largest absolute Gasteiger partial charge is 0.444 e. The summed E-state index contributed by atoms with van der Waals surface area (Å²) >= 11 is 1.66. The molecular weight excluding hydrogens is 324 g/mol. The number of rotatable bonds is 1. The average Bonchev–Trinajstić information content (AvgIpc) is 2.96. The van der Waals surface area contributed by atoms with Crippen molar-refractivity contribution in [1.82, 2.24) is 9.80 Å². The predicted molar refractivity (Wildman–Crippen MR) is 94.2 cm³/mol. The minimum absolute atomic E-state index is 0.0320. The molecule has 0 aromatic heterocycles. The van der Waals surface area contributed by atoms with Gasteiger partial charge in [-0.25, -0.2) is 4.79 Å². The standard InChI is InChI=1S/C18H24N2O3S/c1-18(2,3)23-17(22)20-10-8-19(9-11-20)16(21)15-12-13-6-4-5-7-14(13)24-15/h4-7,15H,8-12H2,1-3H3/t15-/m1/s1. The van der Waals surface area contributed by atoms with E-state index in [-0.39, 0.29) is 17.3 Å². The molecule has 6 heteroatoms. The Morgan fingerprint density at radius 3 is 2.33 bits per heavy atom. The maximum absolute atomic E-state index is 12.7. The Hall–Kier alpha value is -1.69. The Balaban J connectivity index is 1.52. The van der Waals surface area contributed by atoms with Crippen molar-refractivity contribution in [3.8, 4) is 0 Å². The summed E-state index contributed by atoms with van der Waals surface area (Å²) in [5.41, 5.74) is 0.768. The highest BCUT2D eigenvalue weighted by atomic mass is 32.2. The number of nitrogens with zero attached hydrogens (tertiary/aromatic N) is 2. The van der Waals surface area contributed by atoms with Gasteiger partial charge < -0.3 is 14.5 Å². The maximum atomic E-state index is 12.7. The number of carbonyl (C=O) groups excluding carboxylic acids is 2. The van der Waals surface area contributed by atoms with E-state index in [2.05, 4.69) is 12.1 Å². The molecular formula is C18H24N2O3S. The third kappa shape index (κ3) is 3.86. The van der Waals surface area contributed by atoms with E-state index in [1.165, 1.54) is 10.5 Å². The lowest BCUT2D eigenvalue weighted by molar-refractivity contribution is -0.132. The van der Waals surface area contributed by atoms with Crippen molar-refractivity contribution in [3.63, 3.8) is 0 Å². The van der Waals surface area contributed by atoms with E-state index in [0.29, 0.717) is 26.2 Å². The second-order valence-corrected chi connectivity index (χ2v) is 8.46. The number of piperazine rings is 1. The third-order valence-corrected chi connectivity index (χ3v) is 5.47. The summed E-state index contributed by atoms with van der Waals surface area (Å²) in [5.74, 6) is 0.181. The van der Waals surface area contributed by atoms with E-state index in [4.69, 9.17) is 4.74 Å². The number of amides is 2. The van der Waals surface area contributed by atoms with Crippen LogP contribution < -0.4 is 0 Å². The van der Waals surface area contributed by atoms with E-state index in [1.807, 2.05) is 37.8 Å². The maximum Gasteiger partial charge on any atom is 0.410 e. The zero-order chi connectivity index (χ0) is 17.3. The van der Waals surface area contributed by atoms with Crippen molar-refractivity contribution >= 4 is 23.8 Å². The Morgan fingerprint density at radius 2 is 1.71 bits per heavy atom. The van der Waals surface area contributed by atoms with Crippen molar-refractivity contribution < 1.29 is 14.3 Å². The molecule has 1 aromatic rings. The molecule has 0 radical (unpaired) electrons. The zero-order valence-electron chi connectivity index (χ0n) is 14.4. The molecule has 2 aliphatic heterocycles. The summed E-state index contributed by atoms with van der Waals surface area (Å²) in [6, 6.07) is 8.20. The van der Waals surface area contributed by atoms with Crippen LogP contribution in [0.3, 0.4) is 0 Å². The highest BCUT2D eigenvalue weighted by molar-refractivity contribution is 8.01. The minimum Gasteiger partial charge on any atom is -0.444 e. The first-order valence-corrected chi connectivity index (χ1v) is 9.23. The Morgan fingerprint density at radius 1 is 1.08 bits per heavy atom. The summed E-state index contributed by atoms with van der Waals surface area (Å²) < 4.78 is 5.39. The molecule has 0 unspecified atom stereocenters. The van der Waals surface area contributed by atoms with Gasteiger partial charge in [-0.2, -0.15) is 0 Å². The Labute approximate surface area is 147 Å². The summed E-state index contributed by atoms with van der Waals surface area (Å²) in [6.07, 6.45) is 0.503. The van der Waals surface area contributed by atoms with E-state index < -0.39 is 5.60 Å². The fraction of sp³-hybridized carbons (Fsp3) is 0.556. The van der Waals surface area contributed by atoms with Crippen LogP contribution >= 0.6 is 11.8 Å². The van der Waals surface area contributed by atoms with Gasteiger partial charge in [0.15, 0.2) is 0 Å². The van der Waals surface area contributed by atoms with Gasteiger partial charge in [-0.3, -0.25) is 4.79 Å². The first-order chi connectivity index (χ1) is 11.3. The van der Waals surface area contributed by atoms with Crippen molar-refractivity contribution in [3.05, 3.63) is 29.8 Å². The van der Waals surface area contributed by atoms with E-state index in [1.54, 1.807) is 16.7 Å². The molecule has 2 amide bonds. The van der Waals surface area contributed by atoms with Crippen LogP contribution in [0.1, 0.15) is 26.3 Å². The van der Waals surface area contributed by atoms with Gasteiger partial charge in [0.05, 0.1) is 5.25 Å². The van der Waals surface area contributed by atoms with Crippen LogP contribution in [0, 0.1) is 0 Å². The second-order valence-electron chi connectivity index (χ2n) is 7.21. The van der Waals surface area contributed by atoms with Crippen LogP contribution in [0.4, 0.5) is 4.79 Å². The van der Waals surface area contributed by atoms with Crippen LogP contribution in [-0.4, -0.2) is 58.8 Å². The molecule has 0 spiro atoms. The minimum atomic E-state index is -0.490. The summed E-state index contributed by atoms with van der Waals surface area (Å²) in [7, 11) is 0. The number of carbonyl (C=O) groups is 2. The number of ether oxygens (including phenoxy) is 1. The first-order valence-electron chi connectivity index (χ1n) is 8.35. The van der Waals surface area contributed by atoms with Gasteiger partial charge in [-0.1, -0.05) is 18.2 Å². The normalized spacial score (nSPS) is 20.7. The second kappa shape index (κ2) is 6.67. The summed E-state index contributed by atoms with van der Waals surface area (Å²) in [4.78, 5) is 29.6. The van der Waals surface area contributed by atoms with Crippen LogP contribution in [-0.2, 0) is 16.0 Å². The fourth-order valence-corrected chi connectivity index (χ4v) is 4.24. The van der Waals surface area contributed by atoms with E-state index in [9.17, 15) is 9.59 Å². The molecule has 0 bridgehead atoms. The van der Waals surface area contributed by atoms with Gasteiger partial charge in [-0.15, -0.1) is 11.8 Å². The summed E-state index contributed by atoms with van der Waals surface area (Å²) in [6.45, 7) is 7.80. The Kier molecular flexibility index (Phi) is 4.76. The van der Waals surface area contributed by atoms with Gasteiger partial charge in [0.2, 0.25) is 5.91 Å². The number of thioether (sulfide) groups is 1. The number of benzene rings is 1. The molecule has 24 heavy (non-hydrogen) atoms. The summed E-state index contributed by atoms with van der Waals surface area (Å²) in [5, 5.41) is -0.0320. The molecule has 3 rings (SSSR count). The van der Waals surface area contributed by atoms with Crippen LogP contribution in [0.5, 0.6) is 0 Å². The van der Waals surface area contributed by atoms with Gasteiger partial charge >= 0.3 is 6.09 Å². The van der Waals surface area contributed by atoms with Crippen molar-refractivity contribution in [2.45, 2.75) is 42.9 Å². The quantitative estimate of drug-likeness (QED) is 0.783. The van der Waals surface area contributed by atoms with E-state index >= 15 is 0 Å². The lowest BCUT2D eigenvalue weighted by Crippen LogP contribution is -2.53. The fourth-order valence-electron chi connectivity index (χ4n) is 2.96. The highest BCUT2D eigenvalue weighted by Gasteiger charge is 2.34. The van der Waals surface area contributed by atoms with Gasteiger partial charge in [0.25, 0.3) is 0 Å². The number of hydrogen-bond donors (Lipinski definition) is 0. The molecule has 0 N–H and O–H groups in total. The molecule has 0 aliphatic carbocycles. The van der Waals surface area contributed by atoms with Crippen molar-refractivity contribution in [1.29, 1.82) is 0 Å². The number of fused-ring (bicyclic) bond motifs is 1. The van der Waals surface area contributed by atoms with Crippen LogP contribution in [0.15, 0.2) is 29.2 Å². The smallest absolute Gasteiger partial charge is 0.410 e. The molecule has 5 nitrogen and oxygen atoms in total. The van der Waals surface area contributed by atoms with Gasteiger partial charge in [0, 0.05) is 31.1 Å². The lowest BCUT2D eigenvalue weighted by Gasteiger charge is -2.36. The molecule has 1 aromatic carbocycles. The Bertz CT molecular complexity index is 608. The van der Waals surface area contributed by atoms with E-state index in [0.717, 1.165) is 6.42 Å². The molecule has 0 saturated carbocycles. The van der Waals surface area contributed by atoms with Gasteiger partial charge in [0.1, 0.15) is 5.60 Å². The topological polar surface area (TPSA) is 49.9 Å². The number of hydrogen-bond acceptors (Lipinski definition) is 4. The van der Waals surface area contributed by atoms with Crippen LogP contribution in [0.25, 0.3) is 0 Å². The average molecular weight is 348 g/mol. The van der Waals surface area contributed by atoms with Crippen molar-refractivity contribution in [2.24, 2.45) is 0 Å². The van der Waals surface area contributed by atoms with Gasteiger partial charge in [-0.05, 0) is 38.8 Å². The highest BCUT2D eigenvalue weighted by Crippen LogP contribution is 2.37. The molecule has 1 atom stereocenters. The first kappa shape index (κ1) is 17.1. The molecule has 1 fully saturated rings. The monoisotopic (exact) mass is 348 g/mol. The van der Waals surface area contributed by atoms with Crippen LogP contribution in [0.2, 0.25) is 0 Å². The third-order valence-electron chi connectivity index (χ3n) is 4.17. The molecule has 2 aliphatic rings. The SMILES string of the molecule is CC(C)(C)OC(=O)N1CCN(C(=O)[C@H]2Cc3ccccc3S2)CC1. The van der Waals surface area contributed by atoms with Crippen molar-refractivity contribution in [2.75, 3.05) is 26.2 Å². The predicted octanol–water partition coefficient (Wildman–Crippen LogP) is 2.78. The molecule has 2 heterocycles. The molecule has 130 valence electrons. The molecule has 1 saturated heterocycles. The zero-order valence-corrected chi connectivity index (χ0v) is 15.3. The lowest BCUT2D eigenvalue weighted by atomic mass is 10.1.